The second kappa shape index (κ2) is 10.8. The second-order valence-corrected chi connectivity index (χ2v) is 8.08. The van der Waals surface area contributed by atoms with Gasteiger partial charge in [0.2, 0.25) is 11.8 Å². The van der Waals surface area contributed by atoms with Gasteiger partial charge in [0, 0.05) is 7.05 Å². The molecule has 8 nitrogen and oxygen atoms in total. The van der Waals surface area contributed by atoms with Crippen molar-refractivity contribution in [3.8, 4) is 0 Å². The first kappa shape index (κ1) is 23.5. The summed E-state index contributed by atoms with van der Waals surface area (Å²) in [5.74, 6) is -2.96. The fourth-order valence-electron chi connectivity index (χ4n) is 3.34. The number of nitrogens with one attached hydrogen (secondary N) is 2. The molecule has 0 bridgehead atoms. The lowest BCUT2D eigenvalue weighted by Crippen LogP contribution is -2.51. The normalized spacial score (nSPS) is 16.3. The lowest BCUT2D eigenvalue weighted by molar-refractivity contribution is -0.143. The van der Waals surface area contributed by atoms with E-state index < -0.39 is 23.7 Å². The van der Waals surface area contributed by atoms with Crippen molar-refractivity contribution >= 4 is 41.1 Å². The van der Waals surface area contributed by atoms with Gasteiger partial charge >= 0.3 is 0 Å². The summed E-state index contributed by atoms with van der Waals surface area (Å²) in [7, 11) is 1.66. The van der Waals surface area contributed by atoms with Gasteiger partial charge in [-0.25, -0.2) is 5.48 Å². The zero-order valence-electron chi connectivity index (χ0n) is 17.4. The van der Waals surface area contributed by atoms with E-state index in [1.54, 1.807) is 23.5 Å². The van der Waals surface area contributed by atoms with Crippen LogP contribution in [0, 0.1) is 17.8 Å². The molecule has 0 radical (unpaired) electrons. The molecule has 3 amide bonds. The molecule has 2 atom stereocenters. The molecule has 0 saturated carbocycles. The fraction of sp³-hybridized carbons (Fsp3) is 0.429. The van der Waals surface area contributed by atoms with E-state index in [4.69, 9.17) is 12.2 Å². The number of likely N-dealkylation sites (N-methyl/N-ethyl adjacent to an activating group) is 1. The number of hydrazine groups is 1. The highest BCUT2D eigenvalue weighted by atomic mass is 32.1. The van der Waals surface area contributed by atoms with E-state index in [0.717, 1.165) is 10.6 Å². The number of allylic oxidation sites excluding steroid dienone is 1. The molecular weight excluding hydrogens is 404 g/mol. The van der Waals surface area contributed by atoms with Crippen LogP contribution in [-0.4, -0.2) is 51.5 Å². The van der Waals surface area contributed by atoms with Gasteiger partial charge < -0.3 is 4.90 Å². The summed E-state index contributed by atoms with van der Waals surface area (Å²) in [6.07, 6.45) is 4.30. The molecule has 1 saturated heterocycles. The van der Waals surface area contributed by atoms with Crippen LogP contribution in [0.5, 0.6) is 0 Å². The molecule has 1 heterocycles. The van der Waals surface area contributed by atoms with Gasteiger partial charge in [-0.1, -0.05) is 56.3 Å². The number of hydroxylamine groups is 1. The molecule has 1 aromatic rings. The van der Waals surface area contributed by atoms with E-state index in [-0.39, 0.29) is 29.9 Å². The Morgan fingerprint density at radius 1 is 1.20 bits per heavy atom. The van der Waals surface area contributed by atoms with Gasteiger partial charge in [0.25, 0.3) is 5.91 Å². The van der Waals surface area contributed by atoms with Gasteiger partial charge in [-0.2, -0.15) is 5.01 Å². The molecule has 1 aliphatic rings. The van der Waals surface area contributed by atoms with Crippen molar-refractivity contribution in [3.05, 3.63) is 42.0 Å². The number of rotatable bonds is 9. The zero-order chi connectivity index (χ0) is 22.3. The summed E-state index contributed by atoms with van der Waals surface area (Å²) in [6, 6.07) is 9.56. The van der Waals surface area contributed by atoms with Gasteiger partial charge in [-0.05, 0) is 36.5 Å². The molecule has 162 valence electrons. The highest BCUT2D eigenvalue weighted by Crippen LogP contribution is 2.26. The first-order valence-electron chi connectivity index (χ1n) is 9.78. The Kier molecular flexibility index (Phi) is 8.49. The van der Waals surface area contributed by atoms with Gasteiger partial charge in [0.05, 0.1) is 11.8 Å². The molecule has 1 aliphatic heterocycles. The molecule has 2 rings (SSSR count). The van der Waals surface area contributed by atoms with E-state index in [1.807, 2.05) is 50.3 Å². The van der Waals surface area contributed by atoms with Crippen LogP contribution in [0.3, 0.4) is 0 Å². The molecule has 0 spiro atoms. The fourth-order valence-corrected chi connectivity index (χ4v) is 3.55. The summed E-state index contributed by atoms with van der Waals surface area (Å²) in [4.78, 5) is 39.1. The monoisotopic (exact) mass is 432 g/mol. The van der Waals surface area contributed by atoms with Crippen molar-refractivity contribution in [2.45, 2.75) is 26.7 Å². The minimum absolute atomic E-state index is 0.0777. The van der Waals surface area contributed by atoms with Crippen LogP contribution in [0.25, 0.3) is 6.08 Å². The van der Waals surface area contributed by atoms with E-state index in [2.05, 4.69) is 5.43 Å². The van der Waals surface area contributed by atoms with Crippen LogP contribution in [0.4, 0.5) is 0 Å². The van der Waals surface area contributed by atoms with Crippen molar-refractivity contribution in [1.29, 1.82) is 0 Å². The molecule has 1 fully saturated rings. The van der Waals surface area contributed by atoms with Crippen LogP contribution in [0.1, 0.15) is 32.3 Å². The Hall–Kier alpha value is -2.78. The highest BCUT2D eigenvalue weighted by Gasteiger charge is 2.37. The van der Waals surface area contributed by atoms with Gasteiger partial charge in [0.1, 0.15) is 6.54 Å². The average Bonchev–Trinajstić information content (AvgIpc) is 2.95. The lowest BCUT2D eigenvalue weighted by Gasteiger charge is -2.27. The van der Waals surface area contributed by atoms with Gasteiger partial charge in [-0.15, -0.1) is 0 Å². The number of carbonyl (C=O) groups excluding carboxylic acids is 3. The number of hydrogen-bond donors (Lipinski definition) is 3. The van der Waals surface area contributed by atoms with E-state index in [9.17, 15) is 19.6 Å². The number of hydrogen-bond acceptors (Lipinski definition) is 5. The smallest absolute Gasteiger partial charge is 0.267 e. The Balaban J connectivity index is 2.21. The predicted molar refractivity (Wildman–Crippen MR) is 117 cm³/mol. The average molecular weight is 433 g/mol. The Morgan fingerprint density at radius 3 is 2.40 bits per heavy atom. The number of carbonyl (C=O) groups is 3. The van der Waals surface area contributed by atoms with Crippen molar-refractivity contribution in [3.63, 3.8) is 0 Å². The molecule has 1 aromatic carbocycles. The van der Waals surface area contributed by atoms with Gasteiger partial charge in [-0.3, -0.25) is 25.0 Å². The third-order valence-electron chi connectivity index (χ3n) is 4.86. The molecule has 3 N–H and O–H groups in total. The Bertz CT molecular complexity index is 812. The van der Waals surface area contributed by atoms with Crippen LogP contribution in [0.2, 0.25) is 0 Å². The van der Waals surface area contributed by atoms with Gasteiger partial charge in [0.15, 0.2) is 5.11 Å². The summed E-state index contributed by atoms with van der Waals surface area (Å²) < 4.78 is 0. The standard InChI is InChI=1S/C21H28N4O4S/c1-14(2)12-17(19(27)22-25-18(26)13-24(3)21(25)30)16(20(28)23-29)11-7-10-15-8-5-4-6-9-15/h4-10,14,16-17,29H,11-13H2,1-3H3,(H,22,27)(H,23,28)/b10-7-/t16-,17?/m1/s1. The maximum atomic E-state index is 13.1. The number of thiocarbonyl (C=S) groups is 1. The van der Waals surface area contributed by atoms with Crippen molar-refractivity contribution in [2.75, 3.05) is 13.6 Å². The molecule has 0 aliphatic carbocycles. The first-order valence-corrected chi connectivity index (χ1v) is 10.2. The summed E-state index contributed by atoms with van der Waals surface area (Å²) in [5.41, 5.74) is 5.19. The SMILES string of the molecule is CC(C)CC(C(=O)NN1C(=O)CN(C)C1=S)[C@@H](C/C=C\c1ccccc1)C(=O)NO. The zero-order valence-corrected chi connectivity index (χ0v) is 18.2. The summed E-state index contributed by atoms with van der Waals surface area (Å²) in [6.45, 7) is 3.95. The van der Waals surface area contributed by atoms with Crippen LogP contribution < -0.4 is 10.9 Å². The molecule has 0 aromatic heterocycles. The summed E-state index contributed by atoms with van der Waals surface area (Å²) in [5, 5.41) is 10.5. The van der Waals surface area contributed by atoms with Crippen LogP contribution in [-0.2, 0) is 14.4 Å². The predicted octanol–water partition coefficient (Wildman–Crippen LogP) is 1.96. The topological polar surface area (TPSA) is 102 Å². The Labute approximate surface area is 181 Å². The minimum Gasteiger partial charge on any atom is -0.341 e. The largest absolute Gasteiger partial charge is 0.341 e. The van der Waals surface area contributed by atoms with Crippen LogP contribution in [0.15, 0.2) is 36.4 Å². The van der Waals surface area contributed by atoms with Crippen molar-refractivity contribution in [1.82, 2.24) is 20.8 Å². The number of benzene rings is 1. The lowest BCUT2D eigenvalue weighted by atomic mass is 9.82. The number of nitrogens with zero attached hydrogens (tertiary/aromatic N) is 2. The van der Waals surface area contributed by atoms with E-state index >= 15 is 0 Å². The maximum Gasteiger partial charge on any atom is 0.267 e. The second-order valence-electron chi connectivity index (χ2n) is 7.71. The van der Waals surface area contributed by atoms with Crippen LogP contribution >= 0.6 is 12.2 Å². The highest BCUT2D eigenvalue weighted by molar-refractivity contribution is 7.80. The quantitative estimate of drug-likeness (QED) is 0.313. The van der Waals surface area contributed by atoms with Crippen molar-refractivity contribution in [2.24, 2.45) is 17.8 Å². The van der Waals surface area contributed by atoms with Crippen molar-refractivity contribution < 1.29 is 19.6 Å². The minimum atomic E-state index is -0.818. The van der Waals surface area contributed by atoms with E-state index in [1.165, 1.54) is 0 Å². The molecule has 9 heteroatoms. The third-order valence-corrected chi connectivity index (χ3v) is 5.35. The molecule has 30 heavy (non-hydrogen) atoms. The number of amides is 3. The summed E-state index contributed by atoms with van der Waals surface area (Å²) >= 11 is 5.18. The first-order chi connectivity index (χ1) is 14.2. The van der Waals surface area contributed by atoms with E-state index in [0.29, 0.717) is 6.42 Å². The molecule has 1 unspecified atom stereocenters. The third kappa shape index (κ3) is 6.11. The molecular formula is C21H28N4O4S. The Morgan fingerprint density at radius 2 is 1.87 bits per heavy atom. The maximum absolute atomic E-state index is 13.1.